The zero-order valence-electron chi connectivity index (χ0n) is 12.1. The summed E-state index contributed by atoms with van der Waals surface area (Å²) >= 11 is 0. The molecule has 0 aliphatic carbocycles. The number of nitrogens with two attached hydrogens (primary N) is 1. The molecule has 104 valence electrons. The van der Waals surface area contributed by atoms with Crippen LogP contribution in [0.2, 0.25) is 0 Å². The van der Waals surface area contributed by atoms with E-state index in [9.17, 15) is 0 Å². The summed E-state index contributed by atoms with van der Waals surface area (Å²) < 4.78 is 0. The number of nitrogens with zero attached hydrogens (tertiary/aromatic N) is 2. The van der Waals surface area contributed by atoms with Gasteiger partial charge in [-0.1, -0.05) is 12.1 Å². The summed E-state index contributed by atoms with van der Waals surface area (Å²) in [5.41, 5.74) is 11.4. The van der Waals surface area contributed by atoms with Gasteiger partial charge in [0, 0.05) is 11.9 Å². The standard InChI is InChI=1S/C16H20N4/c1-11-6-7-14(9-13(11)3)20-16(17)19-10-15-12(2)5-4-8-18-15/h4-9H,10H2,1-3H3,(H3,17,19,20). The van der Waals surface area contributed by atoms with Crippen molar-refractivity contribution in [2.45, 2.75) is 27.3 Å². The molecule has 3 N–H and O–H groups in total. The molecule has 1 aromatic carbocycles. The molecule has 0 aliphatic rings. The van der Waals surface area contributed by atoms with Gasteiger partial charge < -0.3 is 11.1 Å². The van der Waals surface area contributed by atoms with E-state index in [1.54, 1.807) is 6.20 Å². The van der Waals surface area contributed by atoms with Crippen molar-refractivity contribution < 1.29 is 0 Å². The van der Waals surface area contributed by atoms with Gasteiger partial charge in [-0.3, -0.25) is 4.98 Å². The third-order valence-electron chi connectivity index (χ3n) is 3.30. The Balaban J connectivity index is 2.04. The molecule has 20 heavy (non-hydrogen) atoms. The molecular weight excluding hydrogens is 248 g/mol. The molecule has 0 spiro atoms. The zero-order valence-corrected chi connectivity index (χ0v) is 12.1. The van der Waals surface area contributed by atoms with E-state index >= 15 is 0 Å². The van der Waals surface area contributed by atoms with Gasteiger partial charge in [-0.2, -0.15) is 0 Å². The molecule has 0 aliphatic heterocycles. The van der Waals surface area contributed by atoms with Gasteiger partial charge in [-0.25, -0.2) is 4.99 Å². The van der Waals surface area contributed by atoms with Crippen molar-refractivity contribution >= 4 is 11.6 Å². The Bertz CT molecular complexity index is 632. The lowest BCUT2D eigenvalue weighted by atomic mass is 10.1. The van der Waals surface area contributed by atoms with Crippen molar-refractivity contribution in [3.63, 3.8) is 0 Å². The van der Waals surface area contributed by atoms with Gasteiger partial charge in [0.15, 0.2) is 5.96 Å². The Morgan fingerprint density at radius 2 is 1.95 bits per heavy atom. The van der Waals surface area contributed by atoms with Crippen LogP contribution in [0.25, 0.3) is 0 Å². The van der Waals surface area contributed by atoms with E-state index in [0.717, 1.165) is 16.9 Å². The summed E-state index contributed by atoms with van der Waals surface area (Å²) in [7, 11) is 0. The van der Waals surface area contributed by atoms with E-state index in [-0.39, 0.29) is 0 Å². The number of hydrogen-bond acceptors (Lipinski definition) is 2. The molecule has 0 fully saturated rings. The fraction of sp³-hybridized carbons (Fsp3) is 0.250. The highest BCUT2D eigenvalue weighted by Gasteiger charge is 2.00. The van der Waals surface area contributed by atoms with Crippen LogP contribution in [0.5, 0.6) is 0 Å². The predicted molar refractivity (Wildman–Crippen MR) is 83.8 cm³/mol. The molecule has 4 nitrogen and oxygen atoms in total. The van der Waals surface area contributed by atoms with Gasteiger partial charge in [0.1, 0.15) is 0 Å². The fourth-order valence-corrected chi connectivity index (χ4v) is 1.85. The lowest BCUT2D eigenvalue weighted by Gasteiger charge is -2.08. The molecule has 2 rings (SSSR count). The summed E-state index contributed by atoms with van der Waals surface area (Å²) in [4.78, 5) is 8.62. The van der Waals surface area contributed by atoms with Crippen molar-refractivity contribution in [2.75, 3.05) is 5.32 Å². The van der Waals surface area contributed by atoms with Crippen molar-refractivity contribution in [2.24, 2.45) is 10.7 Å². The number of guanidine groups is 1. The Morgan fingerprint density at radius 3 is 2.65 bits per heavy atom. The van der Waals surface area contributed by atoms with Gasteiger partial charge in [0.2, 0.25) is 0 Å². The average molecular weight is 268 g/mol. The zero-order chi connectivity index (χ0) is 14.5. The number of aromatic nitrogens is 1. The highest BCUT2D eigenvalue weighted by molar-refractivity contribution is 5.92. The Hall–Kier alpha value is -2.36. The van der Waals surface area contributed by atoms with Crippen LogP contribution in [-0.2, 0) is 6.54 Å². The van der Waals surface area contributed by atoms with E-state index in [1.807, 2.05) is 25.1 Å². The van der Waals surface area contributed by atoms with E-state index < -0.39 is 0 Å². The normalized spacial score (nSPS) is 11.4. The molecule has 1 heterocycles. The summed E-state index contributed by atoms with van der Waals surface area (Å²) in [6.07, 6.45) is 1.77. The summed E-state index contributed by atoms with van der Waals surface area (Å²) in [6.45, 7) is 6.66. The smallest absolute Gasteiger partial charge is 0.193 e. The van der Waals surface area contributed by atoms with Crippen LogP contribution in [0.4, 0.5) is 5.69 Å². The molecule has 0 radical (unpaired) electrons. The number of aliphatic imine (C=N–C) groups is 1. The first-order valence-electron chi connectivity index (χ1n) is 6.61. The van der Waals surface area contributed by atoms with Crippen molar-refractivity contribution in [1.29, 1.82) is 0 Å². The number of pyridine rings is 1. The van der Waals surface area contributed by atoms with Crippen molar-refractivity contribution in [3.8, 4) is 0 Å². The van der Waals surface area contributed by atoms with Crippen LogP contribution < -0.4 is 11.1 Å². The van der Waals surface area contributed by atoms with E-state index in [4.69, 9.17) is 5.73 Å². The minimum absolute atomic E-state index is 0.401. The number of hydrogen-bond donors (Lipinski definition) is 2. The molecule has 1 aromatic heterocycles. The average Bonchev–Trinajstić information content (AvgIpc) is 2.42. The first-order chi connectivity index (χ1) is 9.56. The summed E-state index contributed by atoms with van der Waals surface area (Å²) in [5.74, 6) is 0.401. The van der Waals surface area contributed by atoms with Crippen LogP contribution in [0, 0.1) is 20.8 Å². The second-order valence-corrected chi connectivity index (χ2v) is 4.89. The number of nitrogens with one attached hydrogen (secondary N) is 1. The molecule has 0 saturated carbocycles. The van der Waals surface area contributed by atoms with Crippen LogP contribution in [0.3, 0.4) is 0 Å². The molecule has 4 heteroatoms. The SMILES string of the molecule is Cc1ccc(NC(N)=NCc2ncccc2C)cc1C. The third kappa shape index (κ3) is 3.57. The maximum absolute atomic E-state index is 5.90. The van der Waals surface area contributed by atoms with Gasteiger partial charge in [-0.15, -0.1) is 0 Å². The third-order valence-corrected chi connectivity index (χ3v) is 3.30. The molecule has 0 bridgehead atoms. The molecule has 0 unspecified atom stereocenters. The Labute approximate surface area is 119 Å². The lowest BCUT2D eigenvalue weighted by molar-refractivity contribution is 0.964. The molecule has 0 atom stereocenters. The van der Waals surface area contributed by atoms with Crippen LogP contribution in [0.1, 0.15) is 22.4 Å². The number of anilines is 1. The lowest BCUT2D eigenvalue weighted by Crippen LogP contribution is -2.22. The molecular formula is C16H20N4. The fourth-order valence-electron chi connectivity index (χ4n) is 1.85. The first kappa shape index (κ1) is 14.1. The number of rotatable bonds is 3. The van der Waals surface area contributed by atoms with Gasteiger partial charge in [0.05, 0.1) is 12.2 Å². The largest absolute Gasteiger partial charge is 0.370 e. The van der Waals surface area contributed by atoms with E-state index in [0.29, 0.717) is 12.5 Å². The maximum Gasteiger partial charge on any atom is 0.193 e. The van der Waals surface area contributed by atoms with Gasteiger partial charge >= 0.3 is 0 Å². The number of benzene rings is 1. The minimum atomic E-state index is 0.401. The summed E-state index contributed by atoms with van der Waals surface area (Å²) in [5, 5.41) is 3.10. The predicted octanol–water partition coefficient (Wildman–Crippen LogP) is 2.93. The highest BCUT2D eigenvalue weighted by Crippen LogP contribution is 2.13. The second-order valence-electron chi connectivity index (χ2n) is 4.89. The Kier molecular flexibility index (Phi) is 4.35. The molecule has 0 saturated heterocycles. The Morgan fingerprint density at radius 1 is 1.15 bits per heavy atom. The topological polar surface area (TPSA) is 63.3 Å². The quantitative estimate of drug-likeness (QED) is 0.664. The van der Waals surface area contributed by atoms with Crippen LogP contribution >= 0.6 is 0 Å². The van der Waals surface area contributed by atoms with E-state index in [2.05, 4.69) is 41.3 Å². The minimum Gasteiger partial charge on any atom is -0.370 e. The van der Waals surface area contributed by atoms with Crippen LogP contribution in [-0.4, -0.2) is 10.9 Å². The first-order valence-corrected chi connectivity index (χ1v) is 6.61. The molecule has 2 aromatic rings. The maximum atomic E-state index is 5.90. The molecule has 0 amide bonds. The van der Waals surface area contributed by atoms with Gasteiger partial charge in [-0.05, 0) is 55.7 Å². The summed E-state index contributed by atoms with van der Waals surface area (Å²) in [6, 6.07) is 10.1. The van der Waals surface area contributed by atoms with Crippen molar-refractivity contribution in [1.82, 2.24) is 4.98 Å². The monoisotopic (exact) mass is 268 g/mol. The highest BCUT2D eigenvalue weighted by atomic mass is 15.1. The van der Waals surface area contributed by atoms with Gasteiger partial charge in [0.25, 0.3) is 0 Å². The van der Waals surface area contributed by atoms with E-state index in [1.165, 1.54) is 11.1 Å². The number of aryl methyl sites for hydroxylation is 3. The second kappa shape index (κ2) is 6.19. The van der Waals surface area contributed by atoms with Crippen molar-refractivity contribution in [3.05, 3.63) is 58.9 Å². The van der Waals surface area contributed by atoms with Crippen LogP contribution in [0.15, 0.2) is 41.5 Å².